The molecule has 7 heteroatoms. The predicted molar refractivity (Wildman–Crippen MR) is 107 cm³/mol. The van der Waals surface area contributed by atoms with Crippen LogP contribution in [0.1, 0.15) is 36.9 Å². The lowest BCUT2D eigenvalue weighted by Crippen LogP contribution is -2.33. The Morgan fingerprint density at radius 3 is 2.65 bits per heavy atom. The third-order valence-corrected chi connectivity index (χ3v) is 6.32. The molecule has 1 heterocycles. The normalized spacial score (nSPS) is 14.3. The fourth-order valence-corrected chi connectivity index (χ4v) is 4.56. The van der Waals surface area contributed by atoms with Gasteiger partial charge in [-0.2, -0.15) is 0 Å². The summed E-state index contributed by atoms with van der Waals surface area (Å²) in [4.78, 5) is 28.5. The number of anilines is 1. The lowest BCUT2D eigenvalue weighted by Gasteiger charge is -2.10. The first-order valence-electron chi connectivity index (χ1n) is 8.81. The minimum atomic E-state index is -0.0606. The van der Waals surface area contributed by atoms with Crippen molar-refractivity contribution in [2.24, 2.45) is 0 Å². The van der Waals surface area contributed by atoms with Crippen molar-refractivity contribution in [3.63, 3.8) is 0 Å². The number of benzene rings is 1. The van der Waals surface area contributed by atoms with Gasteiger partial charge in [-0.1, -0.05) is 42.3 Å². The molecule has 2 N–H and O–H groups in total. The SMILES string of the molecule is Cc1ccc(NC(=O)CSc2nc(CC(=O)NC3CCCC3)cs2)cc1. The molecule has 0 spiro atoms. The van der Waals surface area contributed by atoms with Crippen molar-refractivity contribution in [2.75, 3.05) is 11.1 Å². The number of aryl methyl sites for hydroxylation is 1. The smallest absolute Gasteiger partial charge is 0.234 e. The molecule has 0 bridgehead atoms. The van der Waals surface area contributed by atoms with E-state index in [0.717, 1.165) is 34.1 Å². The van der Waals surface area contributed by atoms with Gasteiger partial charge in [-0.15, -0.1) is 11.3 Å². The van der Waals surface area contributed by atoms with E-state index in [2.05, 4.69) is 15.6 Å². The summed E-state index contributed by atoms with van der Waals surface area (Å²) in [6, 6.07) is 8.05. The number of rotatable bonds is 7. The van der Waals surface area contributed by atoms with Gasteiger partial charge in [0.15, 0.2) is 4.34 Å². The minimum absolute atomic E-state index is 0.0378. The van der Waals surface area contributed by atoms with Gasteiger partial charge in [0.1, 0.15) is 0 Å². The van der Waals surface area contributed by atoms with E-state index in [-0.39, 0.29) is 11.8 Å². The van der Waals surface area contributed by atoms with Crippen molar-refractivity contribution in [2.45, 2.75) is 49.4 Å². The van der Waals surface area contributed by atoms with Crippen LogP contribution in [0.2, 0.25) is 0 Å². The number of hydrogen-bond donors (Lipinski definition) is 2. The molecule has 0 unspecified atom stereocenters. The summed E-state index contributed by atoms with van der Waals surface area (Å²) in [5.74, 6) is 0.278. The number of aromatic nitrogens is 1. The molecule has 0 aliphatic heterocycles. The number of nitrogens with one attached hydrogen (secondary N) is 2. The van der Waals surface area contributed by atoms with E-state index in [1.807, 2.05) is 36.6 Å². The summed E-state index contributed by atoms with van der Waals surface area (Å²) in [6.07, 6.45) is 4.88. The number of carbonyl (C=O) groups is 2. The molecule has 1 aliphatic carbocycles. The van der Waals surface area contributed by atoms with E-state index in [9.17, 15) is 9.59 Å². The highest BCUT2D eigenvalue weighted by Gasteiger charge is 2.18. The summed E-state index contributed by atoms with van der Waals surface area (Å²) in [7, 11) is 0. The van der Waals surface area contributed by atoms with Crippen molar-refractivity contribution >= 4 is 40.6 Å². The number of thiazole rings is 1. The number of nitrogens with zero attached hydrogens (tertiary/aromatic N) is 1. The Morgan fingerprint density at radius 2 is 1.92 bits per heavy atom. The van der Waals surface area contributed by atoms with Crippen LogP contribution in [0.15, 0.2) is 34.0 Å². The molecule has 1 aromatic heterocycles. The zero-order chi connectivity index (χ0) is 18.4. The van der Waals surface area contributed by atoms with Crippen LogP contribution in [0.25, 0.3) is 0 Å². The lowest BCUT2D eigenvalue weighted by molar-refractivity contribution is -0.121. The monoisotopic (exact) mass is 389 g/mol. The zero-order valence-corrected chi connectivity index (χ0v) is 16.4. The van der Waals surface area contributed by atoms with E-state index in [1.165, 1.54) is 35.9 Å². The van der Waals surface area contributed by atoms with E-state index < -0.39 is 0 Å². The average Bonchev–Trinajstić information content (AvgIpc) is 3.27. The molecule has 0 atom stereocenters. The van der Waals surface area contributed by atoms with Crippen LogP contribution in [0.5, 0.6) is 0 Å². The summed E-state index contributed by atoms with van der Waals surface area (Å²) < 4.78 is 0.813. The first kappa shape index (κ1) is 18.9. The fraction of sp³-hybridized carbons (Fsp3) is 0.421. The molecule has 0 radical (unpaired) electrons. The number of hydrogen-bond acceptors (Lipinski definition) is 5. The fourth-order valence-electron chi connectivity index (χ4n) is 2.91. The van der Waals surface area contributed by atoms with Gasteiger partial charge in [-0.25, -0.2) is 4.98 Å². The van der Waals surface area contributed by atoms with Gasteiger partial charge in [-0.3, -0.25) is 9.59 Å². The van der Waals surface area contributed by atoms with Crippen LogP contribution in [0, 0.1) is 6.92 Å². The summed E-state index contributed by atoms with van der Waals surface area (Å²) in [5, 5.41) is 7.84. The lowest BCUT2D eigenvalue weighted by atomic mass is 10.2. The number of amides is 2. The molecule has 1 saturated carbocycles. The molecule has 3 rings (SSSR count). The molecular formula is C19H23N3O2S2. The molecule has 0 saturated heterocycles. The third kappa shape index (κ3) is 5.85. The summed E-state index contributed by atoms with van der Waals surface area (Å²) in [6.45, 7) is 2.01. The highest BCUT2D eigenvalue weighted by atomic mass is 32.2. The topological polar surface area (TPSA) is 71.1 Å². The van der Waals surface area contributed by atoms with Crippen molar-refractivity contribution in [1.29, 1.82) is 0 Å². The highest BCUT2D eigenvalue weighted by molar-refractivity contribution is 8.01. The molecule has 2 amide bonds. The van der Waals surface area contributed by atoms with E-state index in [1.54, 1.807) is 0 Å². The summed E-state index contributed by atoms with van der Waals surface area (Å²) >= 11 is 2.87. The second-order valence-electron chi connectivity index (χ2n) is 6.53. The van der Waals surface area contributed by atoms with E-state index >= 15 is 0 Å². The molecular weight excluding hydrogens is 366 g/mol. The molecule has 138 valence electrons. The Kier molecular flexibility index (Phi) is 6.68. The maximum atomic E-state index is 12.1. The van der Waals surface area contributed by atoms with Crippen molar-refractivity contribution in [1.82, 2.24) is 10.3 Å². The van der Waals surface area contributed by atoms with Gasteiger partial charge in [0.2, 0.25) is 11.8 Å². The Morgan fingerprint density at radius 1 is 1.19 bits per heavy atom. The van der Waals surface area contributed by atoms with Crippen LogP contribution in [-0.2, 0) is 16.0 Å². The predicted octanol–water partition coefficient (Wildman–Crippen LogP) is 3.78. The molecule has 5 nitrogen and oxygen atoms in total. The molecule has 26 heavy (non-hydrogen) atoms. The van der Waals surface area contributed by atoms with Crippen molar-refractivity contribution in [3.05, 3.63) is 40.9 Å². The van der Waals surface area contributed by atoms with Crippen LogP contribution < -0.4 is 10.6 Å². The second kappa shape index (κ2) is 9.19. The van der Waals surface area contributed by atoms with Crippen LogP contribution in [0.3, 0.4) is 0 Å². The summed E-state index contributed by atoms with van der Waals surface area (Å²) in [5.41, 5.74) is 2.72. The van der Waals surface area contributed by atoms with Crippen LogP contribution in [0.4, 0.5) is 5.69 Å². The van der Waals surface area contributed by atoms with Crippen LogP contribution in [-0.4, -0.2) is 28.6 Å². The van der Waals surface area contributed by atoms with Gasteiger partial charge >= 0.3 is 0 Å². The quantitative estimate of drug-likeness (QED) is 0.707. The number of carbonyl (C=O) groups excluding carboxylic acids is 2. The molecule has 2 aromatic rings. The van der Waals surface area contributed by atoms with Gasteiger partial charge < -0.3 is 10.6 Å². The van der Waals surface area contributed by atoms with E-state index in [4.69, 9.17) is 0 Å². The van der Waals surface area contributed by atoms with Gasteiger partial charge in [-0.05, 0) is 31.9 Å². The minimum Gasteiger partial charge on any atom is -0.353 e. The Balaban J connectivity index is 1.42. The molecule has 1 aliphatic rings. The zero-order valence-electron chi connectivity index (χ0n) is 14.8. The maximum absolute atomic E-state index is 12.1. The maximum Gasteiger partial charge on any atom is 0.234 e. The number of thioether (sulfide) groups is 1. The van der Waals surface area contributed by atoms with Crippen molar-refractivity contribution in [3.8, 4) is 0 Å². The van der Waals surface area contributed by atoms with Crippen molar-refractivity contribution < 1.29 is 9.59 Å². The average molecular weight is 390 g/mol. The second-order valence-corrected chi connectivity index (χ2v) is 8.61. The van der Waals surface area contributed by atoms with Gasteiger partial charge in [0.05, 0.1) is 17.9 Å². The van der Waals surface area contributed by atoms with Gasteiger partial charge in [0.25, 0.3) is 0 Å². The first-order valence-corrected chi connectivity index (χ1v) is 10.7. The van der Waals surface area contributed by atoms with Crippen LogP contribution >= 0.6 is 23.1 Å². The Labute approximate surface area is 162 Å². The van der Waals surface area contributed by atoms with E-state index in [0.29, 0.717) is 18.2 Å². The van der Waals surface area contributed by atoms with Gasteiger partial charge in [0, 0.05) is 17.1 Å². The Bertz CT molecular complexity index is 752. The highest BCUT2D eigenvalue weighted by Crippen LogP contribution is 2.23. The first-order chi connectivity index (χ1) is 12.6. The Hall–Kier alpha value is -1.86. The molecule has 1 fully saturated rings. The largest absolute Gasteiger partial charge is 0.353 e. The molecule has 1 aromatic carbocycles. The third-order valence-electron chi connectivity index (χ3n) is 4.25. The standard InChI is InChI=1S/C19H23N3O2S2/c1-13-6-8-15(9-7-13)21-18(24)12-26-19-22-16(11-25-19)10-17(23)20-14-4-2-3-5-14/h6-9,11,14H,2-5,10,12H2,1H3,(H,20,23)(H,21,24).